The van der Waals surface area contributed by atoms with E-state index in [9.17, 15) is 0 Å². The molecule has 6 rings (SSSR count). The first-order chi connectivity index (χ1) is 26.3. The first kappa shape index (κ1) is 40.7. The largest absolute Gasteiger partial charge is 0.139 e. The number of benzene rings is 4. The summed E-state index contributed by atoms with van der Waals surface area (Å²) in [6, 6.07) is 27.9. The van der Waals surface area contributed by atoms with Crippen molar-refractivity contribution in [2.24, 2.45) is 5.41 Å². The molecular formula is C48H59B7. The molecule has 0 nitrogen and oxygen atoms in total. The van der Waals surface area contributed by atoms with Crippen LogP contribution in [0.2, 0.25) is 5.82 Å². The maximum atomic E-state index is 2.71. The third-order valence-corrected chi connectivity index (χ3v) is 13.4. The van der Waals surface area contributed by atoms with Crippen molar-refractivity contribution in [3.63, 3.8) is 0 Å². The number of aryl methyl sites for hydroxylation is 1. The van der Waals surface area contributed by atoms with E-state index in [4.69, 9.17) is 0 Å². The molecule has 4 aromatic carbocycles. The molecule has 0 radical (unpaired) electrons. The summed E-state index contributed by atoms with van der Waals surface area (Å²) in [5.74, 6) is 1.11. The van der Waals surface area contributed by atoms with Gasteiger partial charge in [-0.2, -0.15) is 0 Å². The van der Waals surface area contributed by atoms with E-state index in [1.165, 1.54) is 87.8 Å². The third kappa shape index (κ3) is 7.75. The SMILES string of the molecule is BC(=C/[C@@H](B)C)/C(B)=C(\C)c1c(B)c(B)c(/C2=c3\cccc\c3=C/C3c4ccccc4[C@H](C)C(CCC)=C[C@]3(CC)/C=C\CCc3ccccc32)c(B)c1B. The van der Waals surface area contributed by atoms with Gasteiger partial charge in [0, 0.05) is 17.3 Å². The van der Waals surface area contributed by atoms with Crippen LogP contribution < -0.4 is 32.3 Å². The van der Waals surface area contributed by atoms with Gasteiger partial charge in [-0.25, -0.2) is 0 Å². The zero-order valence-electron chi connectivity index (χ0n) is 36.1. The minimum absolute atomic E-state index is 0.123. The highest BCUT2D eigenvalue weighted by atomic mass is 14.4. The van der Waals surface area contributed by atoms with Crippen molar-refractivity contribution in [1.82, 2.24) is 0 Å². The van der Waals surface area contributed by atoms with Crippen LogP contribution in [0.15, 0.2) is 114 Å². The zero-order chi connectivity index (χ0) is 39.6. The van der Waals surface area contributed by atoms with Gasteiger partial charge in [-0.3, -0.25) is 0 Å². The van der Waals surface area contributed by atoms with Crippen molar-refractivity contribution in [2.45, 2.75) is 84.4 Å². The topological polar surface area (TPSA) is 0 Å². The molecular weight excluding hydrogens is 652 g/mol. The number of hydrogen-bond acceptors (Lipinski definition) is 0. The molecule has 0 amide bonds. The molecule has 0 bridgehead atoms. The Balaban J connectivity index is 1.78. The quantitative estimate of drug-likeness (QED) is 0.156. The Labute approximate surface area is 339 Å². The van der Waals surface area contributed by atoms with Crippen LogP contribution in [0.3, 0.4) is 0 Å². The fraction of sp³-hybridized carbons (Fsp3) is 0.292. The minimum Gasteiger partial charge on any atom is -0.0992 e. The fourth-order valence-corrected chi connectivity index (χ4v) is 10.00. The van der Waals surface area contributed by atoms with Crippen molar-refractivity contribution in [2.75, 3.05) is 0 Å². The lowest BCUT2D eigenvalue weighted by Gasteiger charge is -2.35. The van der Waals surface area contributed by atoms with Crippen molar-refractivity contribution >= 4 is 94.0 Å². The maximum absolute atomic E-state index is 2.71. The lowest BCUT2D eigenvalue weighted by atomic mass is 9.60. The van der Waals surface area contributed by atoms with Gasteiger partial charge in [0.15, 0.2) is 0 Å². The average Bonchev–Trinajstić information content (AvgIpc) is 3.26. The molecule has 272 valence electrons. The molecule has 0 heterocycles. The van der Waals surface area contributed by atoms with E-state index in [1.807, 2.05) is 0 Å². The first-order valence-electron chi connectivity index (χ1n) is 21.2. The van der Waals surface area contributed by atoms with Crippen LogP contribution in [0.25, 0.3) is 17.2 Å². The van der Waals surface area contributed by atoms with Crippen molar-refractivity contribution in [3.05, 3.63) is 157 Å². The first-order valence-corrected chi connectivity index (χ1v) is 21.2. The molecule has 1 unspecified atom stereocenters. The smallest absolute Gasteiger partial charge is 0.0992 e. The zero-order valence-corrected chi connectivity index (χ0v) is 36.1. The summed E-state index contributed by atoms with van der Waals surface area (Å²) < 4.78 is 0. The van der Waals surface area contributed by atoms with Gasteiger partial charge in [0.25, 0.3) is 0 Å². The fourth-order valence-electron chi connectivity index (χ4n) is 10.00. The van der Waals surface area contributed by atoms with Gasteiger partial charge in [-0.15, -0.1) is 0 Å². The summed E-state index contributed by atoms with van der Waals surface area (Å²) in [5, 5.41) is 2.65. The van der Waals surface area contributed by atoms with E-state index >= 15 is 0 Å². The Morgan fingerprint density at radius 1 is 0.855 bits per heavy atom. The number of hydrogen-bond donors (Lipinski definition) is 0. The minimum atomic E-state index is -0.123. The summed E-state index contributed by atoms with van der Waals surface area (Å²) in [7, 11) is 16.3. The molecule has 0 aromatic heterocycles. The molecule has 0 aliphatic heterocycles. The summed E-state index contributed by atoms with van der Waals surface area (Å²) in [6.45, 7) is 11.8. The Hall–Kier alpha value is -3.97. The van der Waals surface area contributed by atoms with Crippen LogP contribution in [-0.4, -0.2) is 54.9 Å². The molecule has 0 N–H and O–H groups in total. The maximum Gasteiger partial charge on any atom is 0.139 e. The Kier molecular flexibility index (Phi) is 12.6. The van der Waals surface area contributed by atoms with Crippen LogP contribution in [-0.2, 0) is 6.42 Å². The molecule has 0 spiro atoms. The highest BCUT2D eigenvalue weighted by Gasteiger charge is 2.38. The van der Waals surface area contributed by atoms with E-state index < -0.39 is 0 Å². The van der Waals surface area contributed by atoms with Crippen molar-refractivity contribution < 1.29 is 0 Å². The van der Waals surface area contributed by atoms with E-state index in [1.54, 1.807) is 5.57 Å². The van der Waals surface area contributed by atoms with Crippen molar-refractivity contribution in [1.29, 1.82) is 0 Å². The van der Waals surface area contributed by atoms with E-state index in [-0.39, 0.29) is 11.3 Å². The highest BCUT2D eigenvalue weighted by Crippen LogP contribution is 2.51. The van der Waals surface area contributed by atoms with Crippen LogP contribution in [0.4, 0.5) is 0 Å². The normalized spacial score (nSPS) is 23.0. The van der Waals surface area contributed by atoms with Gasteiger partial charge in [-0.05, 0) is 82.0 Å². The van der Waals surface area contributed by atoms with Crippen LogP contribution in [0, 0.1) is 5.41 Å². The summed E-state index contributed by atoms with van der Waals surface area (Å²) >= 11 is 0. The second-order valence-electron chi connectivity index (χ2n) is 17.1. The van der Waals surface area contributed by atoms with E-state index in [0.717, 1.165) is 32.1 Å². The Morgan fingerprint density at radius 2 is 1.49 bits per heavy atom. The van der Waals surface area contributed by atoms with Gasteiger partial charge in [0.2, 0.25) is 0 Å². The van der Waals surface area contributed by atoms with Gasteiger partial charge in [-0.1, -0.05) is 187 Å². The van der Waals surface area contributed by atoms with Gasteiger partial charge in [0.1, 0.15) is 54.9 Å². The summed E-state index contributed by atoms with van der Waals surface area (Å²) in [5.41, 5.74) is 21.0. The third-order valence-electron chi connectivity index (χ3n) is 13.4. The molecule has 4 atom stereocenters. The van der Waals surface area contributed by atoms with Crippen LogP contribution in [0.1, 0.15) is 106 Å². The molecule has 2 aliphatic carbocycles. The number of allylic oxidation sites excluding steroid dienone is 8. The van der Waals surface area contributed by atoms with Crippen LogP contribution >= 0.6 is 0 Å². The Morgan fingerprint density at radius 3 is 2.16 bits per heavy atom. The summed E-state index contributed by atoms with van der Waals surface area (Å²) in [6.07, 6.45) is 18.2. The lowest BCUT2D eigenvalue weighted by molar-refractivity contribution is 0.434. The molecule has 55 heavy (non-hydrogen) atoms. The molecule has 7 heteroatoms. The molecule has 4 aromatic rings. The molecule has 2 aliphatic rings. The predicted octanol–water partition coefficient (Wildman–Crippen LogP) is 1.60. The van der Waals surface area contributed by atoms with Crippen LogP contribution in [0.5, 0.6) is 0 Å². The van der Waals surface area contributed by atoms with Gasteiger partial charge >= 0.3 is 0 Å². The number of fused-ring (bicyclic) bond motifs is 5. The molecule has 0 saturated heterocycles. The number of rotatable bonds is 7. The summed E-state index contributed by atoms with van der Waals surface area (Å²) in [4.78, 5) is 0. The van der Waals surface area contributed by atoms with Gasteiger partial charge < -0.3 is 0 Å². The highest BCUT2D eigenvalue weighted by molar-refractivity contribution is 6.60. The van der Waals surface area contributed by atoms with Crippen molar-refractivity contribution in [3.8, 4) is 0 Å². The van der Waals surface area contributed by atoms with E-state index in [2.05, 4.69) is 193 Å². The average molecular weight is 712 g/mol. The lowest BCUT2D eigenvalue weighted by Crippen LogP contribution is -2.48. The Bertz CT molecular complexity index is 2330. The van der Waals surface area contributed by atoms with Gasteiger partial charge in [0.05, 0.1) is 0 Å². The molecule has 0 fully saturated rings. The second kappa shape index (κ2) is 17.0. The standard InChI is InChI=1S/C48H59B7/c1-6-16-33-27-48(7-2)24-15-14-18-31-17-8-10-21-35(31)41(36-22-11-9-19-32(36)26-38(48)37-23-13-12-20-34(37)29(33)4)42-46(54)44(52)40(45(53)47(42)55)30(5)43(51)39(50)25-28(3)49/h8-13,15,17,19-29,38H,6-7,14,16,18,49-55H2,1-5H3/b24-15-,32-26+,39-25+,41-36+,43-30-/t28-,29+,38?,48-/m0/s1. The van der Waals surface area contributed by atoms with E-state index in [0.29, 0.717) is 11.7 Å². The predicted molar refractivity (Wildman–Crippen MR) is 264 cm³/mol. The second-order valence-corrected chi connectivity index (χ2v) is 17.1. The molecule has 0 saturated carbocycles. The monoisotopic (exact) mass is 713 g/mol.